The van der Waals surface area contributed by atoms with E-state index in [1.54, 1.807) is 0 Å². The van der Waals surface area contributed by atoms with Gasteiger partial charge in [0.15, 0.2) is 0 Å². The average molecular weight is 157 g/mol. The number of likely N-dealkylation sites (tertiary alicyclic amines) is 1. The number of piperidine rings is 1. The highest BCUT2D eigenvalue weighted by Crippen LogP contribution is 2.19. The van der Waals surface area contributed by atoms with E-state index in [0.29, 0.717) is 6.61 Å². The van der Waals surface area contributed by atoms with Crippen LogP contribution >= 0.6 is 0 Å². The highest BCUT2D eigenvalue weighted by atomic mass is 16.2. The minimum Gasteiger partial charge on any atom is -0.396 e. The lowest BCUT2D eigenvalue weighted by molar-refractivity contribution is 0.187. The van der Waals surface area contributed by atoms with Gasteiger partial charge in [0.1, 0.15) is 0 Å². The Morgan fingerprint density at radius 3 is 3.00 bits per heavy atom. The normalized spacial score (nSPS) is 27.3. The number of hydrogen-bond acceptors (Lipinski definition) is 2. The molecule has 0 radical (unpaired) electrons. The molecular formula is C9H19NO. The zero-order valence-electron chi connectivity index (χ0n) is 7.42. The molecular weight excluding hydrogens is 138 g/mol. The van der Waals surface area contributed by atoms with Gasteiger partial charge in [0.25, 0.3) is 0 Å². The summed E-state index contributed by atoms with van der Waals surface area (Å²) >= 11 is 0. The molecule has 0 saturated carbocycles. The second-order valence-electron chi connectivity index (χ2n) is 3.64. The van der Waals surface area contributed by atoms with Crippen LogP contribution in [-0.4, -0.2) is 36.8 Å². The lowest BCUT2D eigenvalue weighted by Gasteiger charge is -2.29. The van der Waals surface area contributed by atoms with Crippen LogP contribution in [0.2, 0.25) is 0 Å². The van der Waals surface area contributed by atoms with E-state index < -0.39 is 0 Å². The molecule has 0 aromatic carbocycles. The standard InChI is InChI=1S/C9H19NO/c1-10-6-2-4-9(8-10)5-3-7-11/h9,11H,2-8H2,1H3/t9-/m0/s1. The van der Waals surface area contributed by atoms with Gasteiger partial charge in [-0.3, -0.25) is 0 Å². The molecule has 0 aromatic rings. The van der Waals surface area contributed by atoms with Crippen molar-refractivity contribution in [2.75, 3.05) is 26.7 Å². The fourth-order valence-corrected chi connectivity index (χ4v) is 1.89. The van der Waals surface area contributed by atoms with Gasteiger partial charge in [-0.2, -0.15) is 0 Å². The summed E-state index contributed by atoms with van der Waals surface area (Å²) in [5.74, 6) is 0.848. The summed E-state index contributed by atoms with van der Waals surface area (Å²) in [5, 5.41) is 8.65. The van der Waals surface area contributed by atoms with Gasteiger partial charge in [-0.15, -0.1) is 0 Å². The van der Waals surface area contributed by atoms with Crippen molar-refractivity contribution in [3.05, 3.63) is 0 Å². The highest BCUT2D eigenvalue weighted by molar-refractivity contribution is 4.70. The summed E-state index contributed by atoms with van der Waals surface area (Å²) in [6, 6.07) is 0. The van der Waals surface area contributed by atoms with Crippen molar-refractivity contribution in [1.29, 1.82) is 0 Å². The molecule has 11 heavy (non-hydrogen) atoms. The third kappa shape index (κ3) is 3.21. The Bertz CT molecular complexity index is 106. The monoisotopic (exact) mass is 157 g/mol. The second-order valence-corrected chi connectivity index (χ2v) is 3.64. The molecule has 1 fully saturated rings. The fraction of sp³-hybridized carbons (Fsp3) is 1.00. The Morgan fingerprint density at radius 1 is 1.55 bits per heavy atom. The molecule has 1 aliphatic rings. The fourth-order valence-electron chi connectivity index (χ4n) is 1.89. The van der Waals surface area contributed by atoms with Gasteiger partial charge >= 0.3 is 0 Å². The van der Waals surface area contributed by atoms with E-state index in [0.717, 1.165) is 12.3 Å². The topological polar surface area (TPSA) is 23.5 Å². The molecule has 0 aromatic heterocycles. The van der Waals surface area contributed by atoms with Crippen LogP contribution in [0.15, 0.2) is 0 Å². The summed E-state index contributed by atoms with van der Waals surface area (Å²) < 4.78 is 0. The van der Waals surface area contributed by atoms with Gasteiger partial charge in [0.05, 0.1) is 0 Å². The summed E-state index contributed by atoms with van der Waals surface area (Å²) in [4.78, 5) is 2.39. The van der Waals surface area contributed by atoms with Gasteiger partial charge in [-0.1, -0.05) is 0 Å². The third-order valence-electron chi connectivity index (χ3n) is 2.49. The first-order valence-electron chi connectivity index (χ1n) is 4.62. The third-order valence-corrected chi connectivity index (χ3v) is 2.49. The van der Waals surface area contributed by atoms with Crippen molar-refractivity contribution >= 4 is 0 Å². The maximum atomic E-state index is 8.65. The Balaban J connectivity index is 2.12. The first-order chi connectivity index (χ1) is 5.33. The SMILES string of the molecule is CN1CCC[C@@H](CCCO)C1. The molecule has 0 bridgehead atoms. The van der Waals surface area contributed by atoms with Crippen LogP contribution in [0.4, 0.5) is 0 Å². The van der Waals surface area contributed by atoms with Crippen molar-refractivity contribution < 1.29 is 5.11 Å². The first-order valence-corrected chi connectivity index (χ1v) is 4.62. The average Bonchev–Trinajstić information content (AvgIpc) is 2.01. The summed E-state index contributed by atoms with van der Waals surface area (Å²) in [6.07, 6.45) is 4.90. The first kappa shape index (κ1) is 9.01. The Morgan fingerprint density at radius 2 is 2.36 bits per heavy atom. The number of hydrogen-bond donors (Lipinski definition) is 1. The highest BCUT2D eigenvalue weighted by Gasteiger charge is 2.15. The van der Waals surface area contributed by atoms with E-state index in [-0.39, 0.29) is 0 Å². The van der Waals surface area contributed by atoms with Crippen LogP contribution in [0.3, 0.4) is 0 Å². The molecule has 0 aliphatic carbocycles. The molecule has 1 atom stereocenters. The van der Waals surface area contributed by atoms with E-state index in [2.05, 4.69) is 11.9 Å². The predicted octanol–water partition coefficient (Wildman–Crippen LogP) is 1.10. The number of aliphatic hydroxyl groups excluding tert-OH is 1. The second kappa shape index (κ2) is 4.73. The van der Waals surface area contributed by atoms with E-state index in [9.17, 15) is 0 Å². The maximum Gasteiger partial charge on any atom is 0.0431 e. The van der Waals surface area contributed by atoms with Crippen molar-refractivity contribution in [2.45, 2.75) is 25.7 Å². The Kier molecular flexibility index (Phi) is 3.87. The Labute approximate surface area is 69.2 Å². The summed E-state index contributed by atoms with van der Waals surface area (Å²) in [6.45, 7) is 2.86. The molecule has 2 heteroatoms. The van der Waals surface area contributed by atoms with Crippen LogP contribution < -0.4 is 0 Å². The number of aliphatic hydroxyl groups is 1. The summed E-state index contributed by atoms with van der Waals surface area (Å²) in [5.41, 5.74) is 0. The van der Waals surface area contributed by atoms with E-state index in [1.807, 2.05) is 0 Å². The van der Waals surface area contributed by atoms with Gasteiger partial charge in [-0.25, -0.2) is 0 Å². The van der Waals surface area contributed by atoms with Crippen LogP contribution in [0, 0.1) is 5.92 Å². The van der Waals surface area contributed by atoms with E-state index in [4.69, 9.17) is 5.11 Å². The largest absolute Gasteiger partial charge is 0.396 e. The lowest BCUT2D eigenvalue weighted by atomic mass is 9.94. The zero-order valence-corrected chi connectivity index (χ0v) is 7.42. The molecule has 1 aliphatic heterocycles. The van der Waals surface area contributed by atoms with Crippen molar-refractivity contribution in [3.63, 3.8) is 0 Å². The number of nitrogens with zero attached hydrogens (tertiary/aromatic N) is 1. The molecule has 0 amide bonds. The molecule has 0 unspecified atom stereocenters. The van der Waals surface area contributed by atoms with Crippen molar-refractivity contribution in [1.82, 2.24) is 4.90 Å². The minimum atomic E-state index is 0.361. The van der Waals surface area contributed by atoms with Crippen LogP contribution in [0.5, 0.6) is 0 Å². The quantitative estimate of drug-likeness (QED) is 0.663. The van der Waals surface area contributed by atoms with Crippen LogP contribution in [0.1, 0.15) is 25.7 Å². The summed E-state index contributed by atoms with van der Waals surface area (Å²) in [7, 11) is 2.19. The molecule has 1 saturated heterocycles. The number of rotatable bonds is 3. The minimum absolute atomic E-state index is 0.361. The van der Waals surface area contributed by atoms with Crippen molar-refractivity contribution in [2.24, 2.45) is 5.92 Å². The van der Waals surface area contributed by atoms with Gasteiger partial charge < -0.3 is 10.0 Å². The molecule has 1 heterocycles. The molecule has 0 spiro atoms. The smallest absolute Gasteiger partial charge is 0.0431 e. The van der Waals surface area contributed by atoms with Crippen molar-refractivity contribution in [3.8, 4) is 0 Å². The van der Waals surface area contributed by atoms with Gasteiger partial charge in [-0.05, 0) is 45.2 Å². The maximum absolute atomic E-state index is 8.65. The van der Waals surface area contributed by atoms with Crippen LogP contribution in [-0.2, 0) is 0 Å². The van der Waals surface area contributed by atoms with Crippen LogP contribution in [0.25, 0.3) is 0 Å². The predicted molar refractivity (Wildman–Crippen MR) is 46.5 cm³/mol. The molecule has 2 nitrogen and oxygen atoms in total. The molecule has 1 rings (SSSR count). The Hall–Kier alpha value is -0.0800. The zero-order chi connectivity index (χ0) is 8.10. The van der Waals surface area contributed by atoms with Gasteiger partial charge in [0, 0.05) is 13.2 Å². The lowest BCUT2D eigenvalue weighted by Crippen LogP contribution is -2.32. The van der Waals surface area contributed by atoms with E-state index >= 15 is 0 Å². The van der Waals surface area contributed by atoms with E-state index in [1.165, 1.54) is 32.4 Å². The molecule has 1 N–H and O–H groups in total. The molecule has 66 valence electrons. The van der Waals surface area contributed by atoms with Gasteiger partial charge in [0.2, 0.25) is 0 Å².